The van der Waals surface area contributed by atoms with Gasteiger partial charge in [-0.25, -0.2) is 4.79 Å². The van der Waals surface area contributed by atoms with E-state index < -0.39 is 12.0 Å². The minimum atomic E-state index is -0.601. The van der Waals surface area contributed by atoms with Crippen molar-refractivity contribution in [3.05, 3.63) is 0 Å². The smallest absolute Gasteiger partial charge is 0.328 e. The standard InChI is InChI=1S/C26H50N2O4/c1-4-6-8-10-11-12-13-14-16-20-24(29)27-22-18-17-19-23(26(31)32-3)28-25(30)21-15-9-7-5-2/h23H,4-22H2,1-3H3,(H,27,29)(H,28,30)/t23-/m1/s1. The first kappa shape index (κ1) is 30.4. The zero-order valence-corrected chi connectivity index (χ0v) is 21.1. The fourth-order valence-corrected chi connectivity index (χ4v) is 3.76. The second kappa shape index (κ2) is 22.6. The average Bonchev–Trinajstić information content (AvgIpc) is 2.79. The molecule has 2 amide bonds. The summed E-state index contributed by atoms with van der Waals surface area (Å²) < 4.78 is 4.82. The van der Waals surface area contributed by atoms with Gasteiger partial charge in [0.1, 0.15) is 6.04 Å². The molecule has 6 nitrogen and oxygen atoms in total. The van der Waals surface area contributed by atoms with Gasteiger partial charge in [-0.1, -0.05) is 84.5 Å². The maximum atomic E-state index is 12.1. The van der Waals surface area contributed by atoms with E-state index in [2.05, 4.69) is 24.5 Å². The number of carbonyl (C=O) groups is 3. The molecule has 0 aliphatic carbocycles. The molecule has 0 aromatic carbocycles. The van der Waals surface area contributed by atoms with Gasteiger partial charge < -0.3 is 15.4 Å². The second-order valence-electron chi connectivity index (χ2n) is 8.88. The summed E-state index contributed by atoms with van der Waals surface area (Å²) in [7, 11) is 1.34. The third kappa shape index (κ3) is 19.1. The van der Waals surface area contributed by atoms with Gasteiger partial charge in [-0.05, 0) is 32.1 Å². The molecular formula is C26H50N2O4. The highest BCUT2D eigenvalue weighted by molar-refractivity contribution is 5.84. The molecule has 0 heterocycles. The molecule has 0 unspecified atom stereocenters. The van der Waals surface area contributed by atoms with Crippen LogP contribution in [0.4, 0.5) is 0 Å². The van der Waals surface area contributed by atoms with Gasteiger partial charge >= 0.3 is 5.97 Å². The van der Waals surface area contributed by atoms with Crippen LogP contribution in [-0.2, 0) is 19.1 Å². The molecule has 0 bridgehead atoms. The molecule has 0 rings (SSSR count). The van der Waals surface area contributed by atoms with Gasteiger partial charge in [-0.2, -0.15) is 0 Å². The first-order chi connectivity index (χ1) is 15.5. The largest absolute Gasteiger partial charge is 0.467 e. The monoisotopic (exact) mass is 454 g/mol. The Morgan fingerprint density at radius 3 is 1.72 bits per heavy atom. The first-order valence-corrected chi connectivity index (χ1v) is 13.2. The number of carbonyl (C=O) groups excluding carboxylic acids is 3. The number of hydrogen-bond donors (Lipinski definition) is 2. The first-order valence-electron chi connectivity index (χ1n) is 13.2. The van der Waals surface area contributed by atoms with Gasteiger partial charge in [0.2, 0.25) is 11.8 Å². The molecule has 2 N–H and O–H groups in total. The van der Waals surface area contributed by atoms with Gasteiger partial charge in [-0.3, -0.25) is 9.59 Å². The minimum Gasteiger partial charge on any atom is -0.467 e. The number of esters is 1. The third-order valence-corrected chi connectivity index (χ3v) is 5.83. The van der Waals surface area contributed by atoms with Crippen LogP contribution in [0.2, 0.25) is 0 Å². The Kier molecular flexibility index (Phi) is 21.5. The van der Waals surface area contributed by atoms with Crippen LogP contribution in [0.5, 0.6) is 0 Å². The molecular weight excluding hydrogens is 404 g/mol. The maximum Gasteiger partial charge on any atom is 0.328 e. The molecule has 0 radical (unpaired) electrons. The van der Waals surface area contributed by atoms with E-state index in [1.165, 1.54) is 52.1 Å². The summed E-state index contributed by atoms with van der Waals surface area (Å²) in [6.45, 7) is 4.98. The molecule has 6 heteroatoms. The fourth-order valence-electron chi connectivity index (χ4n) is 3.76. The Bertz CT molecular complexity index is 482. The average molecular weight is 455 g/mol. The predicted molar refractivity (Wildman–Crippen MR) is 131 cm³/mol. The lowest BCUT2D eigenvalue weighted by Crippen LogP contribution is -2.41. The van der Waals surface area contributed by atoms with Crippen molar-refractivity contribution in [2.45, 2.75) is 135 Å². The summed E-state index contributed by atoms with van der Waals surface area (Å²) in [5.41, 5.74) is 0. The summed E-state index contributed by atoms with van der Waals surface area (Å²) in [6, 6.07) is -0.601. The van der Waals surface area contributed by atoms with E-state index in [0.717, 1.165) is 51.4 Å². The van der Waals surface area contributed by atoms with E-state index in [-0.39, 0.29) is 11.8 Å². The molecule has 0 fully saturated rings. The van der Waals surface area contributed by atoms with Gasteiger partial charge in [0, 0.05) is 19.4 Å². The number of nitrogens with one attached hydrogen (secondary N) is 2. The molecule has 0 aliphatic rings. The number of hydrogen-bond acceptors (Lipinski definition) is 4. The Hall–Kier alpha value is -1.59. The van der Waals surface area contributed by atoms with Crippen molar-refractivity contribution < 1.29 is 19.1 Å². The van der Waals surface area contributed by atoms with Crippen LogP contribution in [0.1, 0.15) is 129 Å². The Balaban J connectivity index is 3.79. The zero-order valence-electron chi connectivity index (χ0n) is 21.1. The summed E-state index contributed by atoms with van der Waals surface area (Å²) in [6.07, 6.45) is 18.4. The Labute approximate surface area is 197 Å². The predicted octanol–water partition coefficient (Wildman–Crippen LogP) is 5.82. The van der Waals surface area contributed by atoms with E-state index >= 15 is 0 Å². The van der Waals surface area contributed by atoms with Crippen molar-refractivity contribution in [1.82, 2.24) is 10.6 Å². The van der Waals surface area contributed by atoms with Gasteiger partial charge in [0.15, 0.2) is 0 Å². The van der Waals surface area contributed by atoms with Gasteiger partial charge in [0.25, 0.3) is 0 Å². The SMILES string of the molecule is CCCCCCCCCCCC(=O)NCCCC[C@@H](NC(=O)CCCCCC)C(=O)OC. The number of unbranched alkanes of at least 4 members (excludes halogenated alkanes) is 12. The van der Waals surface area contributed by atoms with Crippen LogP contribution in [0.25, 0.3) is 0 Å². The number of rotatable bonds is 22. The summed E-state index contributed by atoms with van der Waals surface area (Å²) in [5, 5.41) is 5.77. The van der Waals surface area contributed by atoms with Crippen LogP contribution >= 0.6 is 0 Å². The van der Waals surface area contributed by atoms with Gasteiger partial charge in [0.05, 0.1) is 7.11 Å². The Morgan fingerprint density at radius 2 is 1.16 bits per heavy atom. The van der Waals surface area contributed by atoms with Crippen molar-refractivity contribution in [2.24, 2.45) is 0 Å². The van der Waals surface area contributed by atoms with Crippen LogP contribution in [0, 0.1) is 0 Å². The van der Waals surface area contributed by atoms with Crippen molar-refractivity contribution in [3.63, 3.8) is 0 Å². The van der Waals surface area contributed by atoms with Gasteiger partial charge in [-0.15, -0.1) is 0 Å². The molecule has 0 aromatic rings. The van der Waals surface area contributed by atoms with Crippen LogP contribution in [0.15, 0.2) is 0 Å². The quantitative estimate of drug-likeness (QED) is 0.159. The minimum absolute atomic E-state index is 0.0919. The molecule has 0 spiro atoms. The van der Waals surface area contributed by atoms with Crippen molar-refractivity contribution in [2.75, 3.05) is 13.7 Å². The number of ether oxygens (including phenoxy) is 1. The van der Waals surface area contributed by atoms with E-state index in [9.17, 15) is 14.4 Å². The lowest BCUT2D eigenvalue weighted by atomic mass is 10.1. The summed E-state index contributed by atoms with van der Waals surface area (Å²) in [4.78, 5) is 36.0. The fraction of sp³-hybridized carbons (Fsp3) is 0.885. The molecule has 32 heavy (non-hydrogen) atoms. The zero-order chi connectivity index (χ0) is 23.9. The van der Waals surface area contributed by atoms with Crippen LogP contribution in [0.3, 0.4) is 0 Å². The molecule has 0 saturated heterocycles. The van der Waals surface area contributed by atoms with Crippen molar-refractivity contribution in [3.8, 4) is 0 Å². The second-order valence-corrected chi connectivity index (χ2v) is 8.88. The molecule has 188 valence electrons. The topological polar surface area (TPSA) is 84.5 Å². The van der Waals surface area contributed by atoms with E-state index in [4.69, 9.17) is 4.74 Å². The molecule has 0 aromatic heterocycles. The lowest BCUT2D eigenvalue weighted by Gasteiger charge is -2.16. The lowest BCUT2D eigenvalue weighted by molar-refractivity contribution is -0.145. The summed E-state index contributed by atoms with van der Waals surface area (Å²) in [5.74, 6) is -0.384. The third-order valence-electron chi connectivity index (χ3n) is 5.83. The highest BCUT2D eigenvalue weighted by Gasteiger charge is 2.20. The highest BCUT2D eigenvalue weighted by atomic mass is 16.5. The van der Waals surface area contributed by atoms with E-state index in [1.807, 2.05) is 0 Å². The van der Waals surface area contributed by atoms with Crippen molar-refractivity contribution >= 4 is 17.8 Å². The normalized spacial score (nSPS) is 11.7. The van der Waals surface area contributed by atoms with E-state index in [0.29, 0.717) is 25.8 Å². The highest BCUT2D eigenvalue weighted by Crippen LogP contribution is 2.10. The summed E-state index contributed by atoms with van der Waals surface area (Å²) >= 11 is 0. The van der Waals surface area contributed by atoms with Crippen molar-refractivity contribution in [1.29, 1.82) is 0 Å². The maximum absolute atomic E-state index is 12.1. The molecule has 1 atom stereocenters. The van der Waals surface area contributed by atoms with E-state index in [1.54, 1.807) is 0 Å². The van der Waals surface area contributed by atoms with Crippen LogP contribution in [-0.4, -0.2) is 37.5 Å². The molecule has 0 saturated carbocycles. The van der Waals surface area contributed by atoms with Crippen LogP contribution < -0.4 is 10.6 Å². The molecule has 0 aliphatic heterocycles. The Morgan fingerprint density at radius 1 is 0.656 bits per heavy atom. The number of amides is 2. The number of methoxy groups -OCH3 is 1.